The second kappa shape index (κ2) is 12.7. The highest BCUT2D eigenvalue weighted by Gasteiger charge is 2.36. The molecule has 43 heavy (non-hydrogen) atoms. The molecule has 0 aromatic heterocycles. The maximum Gasteiger partial charge on any atom is 0.242 e. The molecule has 3 N–H and O–H groups in total. The van der Waals surface area contributed by atoms with Crippen LogP contribution in [0.1, 0.15) is 57.2 Å². The van der Waals surface area contributed by atoms with Crippen molar-refractivity contribution in [3.05, 3.63) is 57.8 Å². The molecule has 2 amide bonds. The van der Waals surface area contributed by atoms with Crippen LogP contribution >= 0.6 is 0 Å². The number of allylic oxidation sites excluding steroid dienone is 2. The van der Waals surface area contributed by atoms with Crippen LogP contribution in [-0.2, 0) is 16.0 Å². The highest BCUT2D eigenvalue weighted by atomic mass is 16.5. The number of amides is 2. The van der Waals surface area contributed by atoms with Crippen LogP contribution in [0.2, 0.25) is 0 Å². The normalized spacial score (nSPS) is 22.2. The molecule has 230 valence electrons. The first-order valence-electron chi connectivity index (χ1n) is 15.1. The van der Waals surface area contributed by atoms with Gasteiger partial charge in [-0.1, -0.05) is 32.1 Å². The molecular formula is C34H43N3O6. The monoisotopic (exact) mass is 589 g/mol. The molecule has 5 rings (SSSR count). The summed E-state index contributed by atoms with van der Waals surface area (Å²) < 4.78 is 17.2. The molecular weight excluding hydrogens is 546 g/mol. The fraction of sp³-hybridized carbons (Fsp3) is 0.500. The van der Waals surface area contributed by atoms with Crippen LogP contribution in [0.3, 0.4) is 0 Å². The Labute approximate surface area is 253 Å². The molecule has 9 nitrogen and oxygen atoms in total. The number of fused-ring (bicyclic) bond motifs is 5. The Hall–Kier alpha value is -4.01. The lowest BCUT2D eigenvalue weighted by Gasteiger charge is -2.24. The first kappa shape index (κ1) is 30.4. The van der Waals surface area contributed by atoms with Gasteiger partial charge in [-0.25, -0.2) is 0 Å². The largest absolute Gasteiger partial charge is 0.493 e. The number of rotatable bonds is 10. The lowest BCUT2D eigenvalue weighted by molar-refractivity contribution is -0.123. The minimum atomic E-state index is -0.596. The Morgan fingerprint density at radius 3 is 2.37 bits per heavy atom. The number of methoxy groups -OCH3 is 3. The minimum absolute atomic E-state index is 0.0627. The Morgan fingerprint density at radius 1 is 1.00 bits per heavy atom. The number of benzene rings is 1. The van der Waals surface area contributed by atoms with Gasteiger partial charge in [0, 0.05) is 19.0 Å². The second-order valence-corrected chi connectivity index (χ2v) is 12.2. The van der Waals surface area contributed by atoms with E-state index in [0.717, 1.165) is 23.1 Å². The predicted molar refractivity (Wildman–Crippen MR) is 167 cm³/mol. The van der Waals surface area contributed by atoms with Crippen LogP contribution in [0.4, 0.5) is 5.69 Å². The summed E-state index contributed by atoms with van der Waals surface area (Å²) in [5.74, 6) is 2.75. The third-order valence-corrected chi connectivity index (χ3v) is 9.13. The van der Waals surface area contributed by atoms with Gasteiger partial charge in [-0.2, -0.15) is 0 Å². The number of nitrogens with one attached hydrogen (secondary N) is 3. The summed E-state index contributed by atoms with van der Waals surface area (Å²) >= 11 is 0. The molecule has 2 aromatic rings. The predicted octanol–water partition coefficient (Wildman–Crippen LogP) is 4.63. The molecule has 1 saturated carbocycles. The molecule has 0 aliphatic heterocycles. The average Bonchev–Trinajstić information content (AvgIpc) is 3.53. The van der Waals surface area contributed by atoms with Gasteiger partial charge < -0.3 is 30.2 Å². The molecule has 3 aliphatic carbocycles. The molecule has 0 spiro atoms. The van der Waals surface area contributed by atoms with E-state index in [-0.39, 0.29) is 23.2 Å². The Bertz CT molecular complexity index is 1490. The highest BCUT2D eigenvalue weighted by molar-refractivity contribution is 5.86. The fourth-order valence-corrected chi connectivity index (χ4v) is 7.00. The topological polar surface area (TPSA) is 115 Å². The van der Waals surface area contributed by atoms with E-state index in [1.807, 2.05) is 26.0 Å². The molecule has 2 aromatic carbocycles. The lowest BCUT2D eigenvalue weighted by Crippen LogP contribution is -2.45. The van der Waals surface area contributed by atoms with Crippen LogP contribution < -0.4 is 35.6 Å². The van der Waals surface area contributed by atoms with Gasteiger partial charge in [0.05, 0.1) is 33.1 Å². The summed E-state index contributed by atoms with van der Waals surface area (Å²) in [6.07, 6.45) is 8.06. The molecule has 0 radical (unpaired) electrons. The Kier molecular flexibility index (Phi) is 8.99. The molecule has 0 unspecified atom stereocenters. The van der Waals surface area contributed by atoms with Gasteiger partial charge in [0.1, 0.15) is 6.04 Å². The van der Waals surface area contributed by atoms with E-state index >= 15 is 0 Å². The first-order valence-corrected chi connectivity index (χ1v) is 15.1. The van der Waals surface area contributed by atoms with Crippen LogP contribution in [0, 0.1) is 23.7 Å². The number of aryl methyl sites for hydroxylation is 1. The highest BCUT2D eigenvalue weighted by Crippen LogP contribution is 2.50. The molecule has 3 aliphatic rings. The minimum Gasteiger partial charge on any atom is -0.493 e. The van der Waals surface area contributed by atoms with Crippen molar-refractivity contribution in [3.8, 4) is 28.4 Å². The zero-order valence-corrected chi connectivity index (χ0v) is 25.9. The van der Waals surface area contributed by atoms with Gasteiger partial charge in [0.15, 0.2) is 11.5 Å². The molecule has 5 atom stereocenters. The van der Waals surface area contributed by atoms with E-state index in [2.05, 4.69) is 28.1 Å². The standard InChI is InChI=1S/C34H43N3O6/c1-18(2)31(34(40)35-17-23-14-20-7-8-21(23)13-20)37-27-12-10-24-25(16-28(27)39)26(36-19(3)38)11-9-22-15-29(41-4)32(42-5)33(43-6)30(22)24/h7-8,10,12,15-16,18,20-21,23,26,31H,9,11,13-14,17H2,1-6H3,(H,35,40)(H,36,38)(H,37,39)/t20-,21+,23-,26-,31-/m0/s1. The van der Waals surface area contributed by atoms with Crippen LogP contribution in [0.15, 0.2) is 41.2 Å². The number of carbonyl (C=O) groups is 2. The number of ether oxygens (including phenoxy) is 3. The zero-order valence-electron chi connectivity index (χ0n) is 25.9. The van der Waals surface area contributed by atoms with Gasteiger partial charge in [0.25, 0.3) is 0 Å². The van der Waals surface area contributed by atoms with Crippen LogP contribution in [0.25, 0.3) is 11.1 Å². The van der Waals surface area contributed by atoms with Gasteiger partial charge in [-0.15, -0.1) is 0 Å². The van der Waals surface area contributed by atoms with Crippen molar-refractivity contribution in [1.29, 1.82) is 0 Å². The molecule has 0 heterocycles. The van der Waals surface area contributed by atoms with E-state index < -0.39 is 12.1 Å². The summed E-state index contributed by atoms with van der Waals surface area (Å²) in [6, 6.07) is 6.08. The van der Waals surface area contributed by atoms with E-state index in [9.17, 15) is 14.4 Å². The van der Waals surface area contributed by atoms with Gasteiger partial charge in [-0.05, 0) is 84.2 Å². The molecule has 1 fully saturated rings. The number of anilines is 1. The van der Waals surface area contributed by atoms with E-state index in [1.165, 1.54) is 13.3 Å². The number of hydrogen-bond acceptors (Lipinski definition) is 7. The lowest BCUT2D eigenvalue weighted by atomic mass is 9.93. The third-order valence-electron chi connectivity index (χ3n) is 9.13. The van der Waals surface area contributed by atoms with Crippen molar-refractivity contribution in [2.24, 2.45) is 23.7 Å². The summed E-state index contributed by atoms with van der Waals surface area (Å²) in [7, 11) is 4.70. The second-order valence-electron chi connectivity index (χ2n) is 12.2. The number of hydrogen-bond donors (Lipinski definition) is 3. The van der Waals surface area contributed by atoms with E-state index in [1.54, 1.807) is 33.5 Å². The van der Waals surface area contributed by atoms with Crippen LogP contribution in [0.5, 0.6) is 17.2 Å². The molecule has 2 bridgehead atoms. The van der Waals surface area contributed by atoms with Crippen molar-refractivity contribution in [2.45, 2.75) is 58.5 Å². The summed E-state index contributed by atoms with van der Waals surface area (Å²) in [4.78, 5) is 39.4. The summed E-state index contributed by atoms with van der Waals surface area (Å²) in [5, 5.41) is 9.45. The van der Waals surface area contributed by atoms with Crippen molar-refractivity contribution in [1.82, 2.24) is 10.6 Å². The molecule has 0 saturated heterocycles. The average molecular weight is 590 g/mol. The summed E-state index contributed by atoms with van der Waals surface area (Å²) in [6.45, 7) is 6.04. The van der Waals surface area contributed by atoms with Gasteiger partial charge >= 0.3 is 0 Å². The fourth-order valence-electron chi connectivity index (χ4n) is 7.00. The van der Waals surface area contributed by atoms with Gasteiger partial charge in [-0.3, -0.25) is 14.4 Å². The first-order chi connectivity index (χ1) is 20.6. The Morgan fingerprint density at radius 2 is 1.77 bits per heavy atom. The quantitative estimate of drug-likeness (QED) is 0.346. The number of carbonyl (C=O) groups excluding carboxylic acids is 2. The van der Waals surface area contributed by atoms with E-state index in [4.69, 9.17) is 14.2 Å². The SMILES string of the molecule is COc1cc2c(c(OC)c1OC)-c1ccc(N[C@H](C(=O)NC[C@@H]3C[C@H]4C=C[C@@H]3C4)C(C)C)c(=O)cc1[C@@H](NC(C)=O)CC2. The van der Waals surface area contributed by atoms with Crippen molar-refractivity contribution in [3.63, 3.8) is 0 Å². The summed E-state index contributed by atoms with van der Waals surface area (Å²) in [5.41, 5.74) is 3.19. The molecule has 9 heteroatoms. The maximum atomic E-state index is 13.8. The van der Waals surface area contributed by atoms with Crippen molar-refractivity contribution >= 4 is 17.5 Å². The van der Waals surface area contributed by atoms with Crippen molar-refractivity contribution in [2.75, 3.05) is 33.2 Å². The smallest absolute Gasteiger partial charge is 0.242 e. The van der Waals surface area contributed by atoms with E-state index in [0.29, 0.717) is 65.6 Å². The van der Waals surface area contributed by atoms with Crippen molar-refractivity contribution < 1.29 is 23.8 Å². The van der Waals surface area contributed by atoms with Gasteiger partial charge in [0.2, 0.25) is 23.0 Å². The van der Waals surface area contributed by atoms with Crippen LogP contribution in [-0.4, -0.2) is 45.7 Å². The zero-order chi connectivity index (χ0) is 30.8. The Balaban J connectivity index is 1.53. The third kappa shape index (κ3) is 6.08. The maximum absolute atomic E-state index is 13.8.